The van der Waals surface area contributed by atoms with Crippen molar-refractivity contribution < 1.29 is 14.6 Å². The SMILES string of the molecule is O=C(Cc1ccc2c(c1)CCCC2)Nc1ccc(OCCO)cc1. The molecule has 0 atom stereocenters. The monoisotopic (exact) mass is 325 g/mol. The van der Waals surface area contributed by atoms with Crippen LogP contribution in [-0.2, 0) is 24.1 Å². The third-order valence-corrected chi connectivity index (χ3v) is 4.28. The van der Waals surface area contributed by atoms with Crippen molar-refractivity contribution in [2.75, 3.05) is 18.5 Å². The van der Waals surface area contributed by atoms with Gasteiger partial charge in [-0.3, -0.25) is 4.79 Å². The van der Waals surface area contributed by atoms with Gasteiger partial charge in [0, 0.05) is 5.69 Å². The van der Waals surface area contributed by atoms with Gasteiger partial charge < -0.3 is 15.2 Å². The second-order valence-electron chi connectivity index (χ2n) is 6.13. The van der Waals surface area contributed by atoms with Crippen molar-refractivity contribution in [3.63, 3.8) is 0 Å². The van der Waals surface area contributed by atoms with Crippen molar-refractivity contribution in [3.05, 3.63) is 59.2 Å². The van der Waals surface area contributed by atoms with Gasteiger partial charge in [0.05, 0.1) is 13.0 Å². The Bertz CT molecular complexity index is 695. The van der Waals surface area contributed by atoms with Crippen LogP contribution in [0.1, 0.15) is 29.5 Å². The van der Waals surface area contributed by atoms with E-state index < -0.39 is 0 Å². The molecule has 0 fully saturated rings. The van der Waals surface area contributed by atoms with Gasteiger partial charge in [-0.05, 0) is 66.6 Å². The Kier molecular flexibility index (Phi) is 5.49. The fraction of sp³-hybridized carbons (Fsp3) is 0.350. The second-order valence-corrected chi connectivity index (χ2v) is 6.13. The number of aliphatic hydroxyl groups excluding tert-OH is 1. The number of nitrogens with one attached hydrogen (secondary N) is 1. The van der Waals surface area contributed by atoms with Crippen molar-refractivity contribution >= 4 is 11.6 Å². The molecule has 2 N–H and O–H groups in total. The highest BCUT2D eigenvalue weighted by atomic mass is 16.5. The molecule has 126 valence electrons. The van der Waals surface area contributed by atoms with Gasteiger partial charge in [-0.25, -0.2) is 0 Å². The third kappa shape index (κ3) is 4.36. The summed E-state index contributed by atoms with van der Waals surface area (Å²) in [6.45, 7) is 0.253. The van der Waals surface area contributed by atoms with E-state index in [1.165, 1.54) is 24.0 Å². The summed E-state index contributed by atoms with van der Waals surface area (Å²) >= 11 is 0. The van der Waals surface area contributed by atoms with Gasteiger partial charge in [0.1, 0.15) is 12.4 Å². The number of aliphatic hydroxyl groups is 1. The number of hydrogen-bond acceptors (Lipinski definition) is 3. The normalized spacial score (nSPS) is 13.2. The zero-order valence-corrected chi connectivity index (χ0v) is 13.8. The molecule has 24 heavy (non-hydrogen) atoms. The molecular weight excluding hydrogens is 302 g/mol. The largest absolute Gasteiger partial charge is 0.491 e. The van der Waals surface area contributed by atoms with Crippen LogP contribution in [0.3, 0.4) is 0 Å². The summed E-state index contributed by atoms with van der Waals surface area (Å²) in [5, 5.41) is 11.6. The molecule has 0 saturated carbocycles. The summed E-state index contributed by atoms with van der Waals surface area (Å²) in [4.78, 5) is 12.2. The Hall–Kier alpha value is -2.33. The third-order valence-electron chi connectivity index (χ3n) is 4.28. The molecule has 0 aromatic heterocycles. The van der Waals surface area contributed by atoms with E-state index in [0.717, 1.165) is 24.1 Å². The van der Waals surface area contributed by atoms with Gasteiger partial charge in [0.2, 0.25) is 5.91 Å². The lowest BCUT2D eigenvalue weighted by Gasteiger charge is -2.16. The first-order valence-electron chi connectivity index (χ1n) is 8.49. The predicted octanol–water partition coefficient (Wildman–Crippen LogP) is 3.12. The van der Waals surface area contributed by atoms with Crippen LogP contribution in [0.4, 0.5) is 5.69 Å². The number of amides is 1. The van der Waals surface area contributed by atoms with Crippen molar-refractivity contribution in [1.82, 2.24) is 0 Å². The molecule has 0 radical (unpaired) electrons. The van der Waals surface area contributed by atoms with E-state index in [2.05, 4.69) is 23.5 Å². The smallest absolute Gasteiger partial charge is 0.228 e. The Labute approximate surface area is 142 Å². The zero-order valence-electron chi connectivity index (χ0n) is 13.8. The minimum absolute atomic E-state index is 0.0146. The average molecular weight is 325 g/mol. The lowest BCUT2D eigenvalue weighted by Crippen LogP contribution is -2.15. The molecule has 1 aliphatic rings. The molecule has 0 bridgehead atoms. The van der Waals surface area contributed by atoms with Crippen LogP contribution in [0.5, 0.6) is 5.75 Å². The molecule has 1 aliphatic carbocycles. The van der Waals surface area contributed by atoms with E-state index in [9.17, 15) is 4.79 Å². The summed E-state index contributed by atoms with van der Waals surface area (Å²) in [5.41, 5.74) is 4.64. The van der Waals surface area contributed by atoms with E-state index in [4.69, 9.17) is 9.84 Å². The maximum atomic E-state index is 12.2. The maximum Gasteiger partial charge on any atom is 0.228 e. The number of hydrogen-bond donors (Lipinski definition) is 2. The maximum absolute atomic E-state index is 12.2. The van der Waals surface area contributed by atoms with Crippen molar-refractivity contribution in [1.29, 1.82) is 0 Å². The van der Waals surface area contributed by atoms with E-state index in [1.54, 1.807) is 24.3 Å². The number of aryl methyl sites for hydroxylation is 2. The van der Waals surface area contributed by atoms with Gasteiger partial charge >= 0.3 is 0 Å². The predicted molar refractivity (Wildman–Crippen MR) is 94.4 cm³/mol. The van der Waals surface area contributed by atoms with Gasteiger partial charge in [0.25, 0.3) is 0 Å². The first kappa shape index (κ1) is 16.5. The number of fused-ring (bicyclic) bond motifs is 1. The first-order valence-corrected chi connectivity index (χ1v) is 8.49. The molecule has 1 amide bonds. The highest BCUT2D eigenvalue weighted by Crippen LogP contribution is 2.22. The summed E-state index contributed by atoms with van der Waals surface area (Å²) < 4.78 is 5.30. The lowest BCUT2D eigenvalue weighted by molar-refractivity contribution is -0.115. The number of ether oxygens (including phenoxy) is 1. The summed E-state index contributed by atoms with van der Waals surface area (Å²) in [6.07, 6.45) is 5.18. The molecule has 0 aliphatic heterocycles. The quantitative estimate of drug-likeness (QED) is 0.858. The van der Waals surface area contributed by atoms with Gasteiger partial charge in [0.15, 0.2) is 0 Å². The van der Waals surface area contributed by atoms with Gasteiger partial charge in [-0.15, -0.1) is 0 Å². The van der Waals surface area contributed by atoms with E-state index in [-0.39, 0.29) is 19.1 Å². The Morgan fingerprint density at radius 3 is 2.54 bits per heavy atom. The molecule has 2 aromatic carbocycles. The summed E-state index contributed by atoms with van der Waals surface area (Å²) in [6, 6.07) is 13.6. The highest BCUT2D eigenvalue weighted by molar-refractivity contribution is 5.92. The van der Waals surface area contributed by atoms with E-state index in [0.29, 0.717) is 12.2 Å². The average Bonchev–Trinajstić information content (AvgIpc) is 2.61. The molecule has 3 rings (SSSR count). The number of anilines is 1. The van der Waals surface area contributed by atoms with Crippen LogP contribution in [0.25, 0.3) is 0 Å². The number of benzene rings is 2. The van der Waals surface area contributed by atoms with Crippen molar-refractivity contribution in [2.45, 2.75) is 32.1 Å². The highest BCUT2D eigenvalue weighted by Gasteiger charge is 2.11. The Morgan fingerprint density at radius 2 is 1.79 bits per heavy atom. The molecule has 0 spiro atoms. The molecule has 2 aromatic rings. The molecule has 0 saturated heterocycles. The molecule has 0 unspecified atom stereocenters. The molecule has 4 heteroatoms. The molecule has 0 heterocycles. The van der Waals surface area contributed by atoms with Crippen LogP contribution in [0, 0.1) is 0 Å². The lowest BCUT2D eigenvalue weighted by atomic mass is 9.90. The fourth-order valence-corrected chi connectivity index (χ4v) is 3.09. The Morgan fingerprint density at radius 1 is 1.04 bits per heavy atom. The second kappa shape index (κ2) is 7.97. The zero-order chi connectivity index (χ0) is 16.8. The van der Waals surface area contributed by atoms with E-state index >= 15 is 0 Å². The minimum atomic E-state index is -0.0187. The Balaban J connectivity index is 1.57. The van der Waals surface area contributed by atoms with Crippen LogP contribution < -0.4 is 10.1 Å². The van der Waals surface area contributed by atoms with E-state index in [1.807, 2.05) is 0 Å². The van der Waals surface area contributed by atoms with Gasteiger partial charge in [-0.2, -0.15) is 0 Å². The number of carbonyl (C=O) groups is 1. The van der Waals surface area contributed by atoms with Crippen molar-refractivity contribution in [3.8, 4) is 5.75 Å². The van der Waals surface area contributed by atoms with Crippen LogP contribution in [0.2, 0.25) is 0 Å². The first-order chi connectivity index (χ1) is 11.7. The summed E-state index contributed by atoms with van der Waals surface area (Å²) in [7, 11) is 0. The summed E-state index contributed by atoms with van der Waals surface area (Å²) in [5.74, 6) is 0.659. The fourth-order valence-electron chi connectivity index (χ4n) is 3.09. The van der Waals surface area contributed by atoms with Crippen LogP contribution >= 0.6 is 0 Å². The number of rotatable bonds is 6. The topological polar surface area (TPSA) is 58.6 Å². The van der Waals surface area contributed by atoms with Gasteiger partial charge in [-0.1, -0.05) is 18.2 Å². The molecule has 4 nitrogen and oxygen atoms in total. The standard InChI is InChI=1S/C20H23NO3/c22-11-12-24-19-9-7-18(8-10-19)21-20(23)14-15-5-6-16-3-1-2-4-17(16)13-15/h5-10,13,22H,1-4,11-12,14H2,(H,21,23). The molecular formula is C20H23NO3. The van der Waals surface area contributed by atoms with Crippen LogP contribution in [0.15, 0.2) is 42.5 Å². The number of carbonyl (C=O) groups excluding carboxylic acids is 1. The minimum Gasteiger partial charge on any atom is -0.491 e. The van der Waals surface area contributed by atoms with Crippen LogP contribution in [-0.4, -0.2) is 24.2 Å². The van der Waals surface area contributed by atoms with Crippen molar-refractivity contribution in [2.24, 2.45) is 0 Å².